The standard InChI is InChI=1S/C23H34N2O4/c1-23(2,3)29-22(28)25-14-8-7-11-19(25)21(27)24-15-12-18(13-16-24)20(26)17-9-5-4-6-10-17/h4-6,9-10,18-20,26H,7-8,11-16H2,1-3H3. The minimum absolute atomic E-state index is 0.0169. The first-order chi connectivity index (χ1) is 13.8. The van der Waals surface area contributed by atoms with Crippen LogP contribution >= 0.6 is 0 Å². The predicted molar refractivity (Wildman–Crippen MR) is 111 cm³/mol. The minimum atomic E-state index is -0.575. The Bertz CT molecular complexity index is 693. The van der Waals surface area contributed by atoms with Crippen molar-refractivity contribution in [2.45, 2.75) is 70.6 Å². The number of carbonyl (C=O) groups excluding carboxylic acids is 2. The molecule has 160 valence electrons. The molecule has 2 unspecified atom stereocenters. The zero-order chi connectivity index (χ0) is 21.0. The molecular weight excluding hydrogens is 368 g/mol. The molecule has 0 aromatic heterocycles. The zero-order valence-electron chi connectivity index (χ0n) is 17.8. The largest absolute Gasteiger partial charge is 0.444 e. The van der Waals surface area contributed by atoms with Crippen molar-refractivity contribution in [1.82, 2.24) is 9.80 Å². The van der Waals surface area contributed by atoms with Crippen LogP contribution in [0.1, 0.15) is 64.5 Å². The van der Waals surface area contributed by atoms with Crippen LogP contribution in [0.3, 0.4) is 0 Å². The quantitative estimate of drug-likeness (QED) is 0.836. The highest BCUT2D eigenvalue weighted by Crippen LogP contribution is 2.31. The molecule has 1 N–H and O–H groups in total. The normalized spacial score (nSPS) is 22.3. The number of aliphatic hydroxyl groups excluding tert-OH is 1. The maximum absolute atomic E-state index is 13.2. The summed E-state index contributed by atoms with van der Waals surface area (Å²) in [6, 6.07) is 9.27. The molecule has 1 aromatic rings. The molecular formula is C23H34N2O4. The fourth-order valence-corrected chi connectivity index (χ4v) is 4.30. The van der Waals surface area contributed by atoms with Gasteiger partial charge in [0, 0.05) is 19.6 Å². The van der Waals surface area contributed by atoms with E-state index in [4.69, 9.17) is 4.74 Å². The molecule has 2 aliphatic heterocycles. The van der Waals surface area contributed by atoms with Gasteiger partial charge < -0.3 is 14.7 Å². The van der Waals surface area contributed by atoms with Crippen molar-refractivity contribution >= 4 is 12.0 Å². The Balaban J connectivity index is 1.59. The first kappa shape index (κ1) is 21.6. The van der Waals surface area contributed by atoms with E-state index in [-0.39, 0.29) is 11.8 Å². The SMILES string of the molecule is CC(C)(C)OC(=O)N1CCCCC1C(=O)N1CCC(C(O)c2ccccc2)CC1. The molecule has 29 heavy (non-hydrogen) atoms. The van der Waals surface area contributed by atoms with Gasteiger partial charge in [0.2, 0.25) is 5.91 Å². The van der Waals surface area contributed by atoms with Gasteiger partial charge in [0.05, 0.1) is 6.10 Å². The Morgan fingerprint density at radius 1 is 1.03 bits per heavy atom. The smallest absolute Gasteiger partial charge is 0.410 e. The van der Waals surface area contributed by atoms with E-state index in [0.29, 0.717) is 26.1 Å². The maximum atomic E-state index is 13.2. The van der Waals surface area contributed by atoms with Crippen LogP contribution in [0.4, 0.5) is 4.79 Å². The molecule has 3 rings (SSSR count). The highest BCUT2D eigenvalue weighted by Gasteiger charge is 2.38. The summed E-state index contributed by atoms with van der Waals surface area (Å²) >= 11 is 0. The first-order valence-corrected chi connectivity index (χ1v) is 10.8. The van der Waals surface area contributed by atoms with E-state index in [1.165, 1.54) is 0 Å². The molecule has 0 saturated carbocycles. The summed E-state index contributed by atoms with van der Waals surface area (Å²) in [4.78, 5) is 29.3. The molecule has 2 fully saturated rings. The molecule has 6 heteroatoms. The summed E-state index contributed by atoms with van der Waals surface area (Å²) in [7, 11) is 0. The molecule has 0 spiro atoms. The number of rotatable bonds is 3. The number of aliphatic hydroxyl groups is 1. The van der Waals surface area contributed by atoms with Gasteiger partial charge in [-0.2, -0.15) is 0 Å². The van der Waals surface area contributed by atoms with Gasteiger partial charge >= 0.3 is 6.09 Å². The molecule has 0 aliphatic carbocycles. The van der Waals surface area contributed by atoms with E-state index in [1.807, 2.05) is 56.0 Å². The van der Waals surface area contributed by atoms with Gasteiger partial charge in [-0.05, 0) is 64.4 Å². The Kier molecular flexibility index (Phi) is 6.83. The number of benzene rings is 1. The molecule has 6 nitrogen and oxygen atoms in total. The van der Waals surface area contributed by atoms with E-state index in [9.17, 15) is 14.7 Å². The van der Waals surface area contributed by atoms with Crippen LogP contribution in [0.5, 0.6) is 0 Å². The average molecular weight is 403 g/mol. The number of piperidine rings is 2. The number of hydrogen-bond donors (Lipinski definition) is 1. The highest BCUT2D eigenvalue weighted by atomic mass is 16.6. The topological polar surface area (TPSA) is 70.1 Å². The number of likely N-dealkylation sites (tertiary alicyclic amines) is 2. The number of amides is 2. The molecule has 1 aromatic carbocycles. The molecule has 2 atom stereocenters. The van der Waals surface area contributed by atoms with Crippen molar-refractivity contribution in [1.29, 1.82) is 0 Å². The average Bonchev–Trinajstić information content (AvgIpc) is 2.72. The third kappa shape index (κ3) is 5.50. The fraction of sp³-hybridized carbons (Fsp3) is 0.652. The molecule has 2 heterocycles. The summed E-state index contributed by atoms with van der Waals surface area (Å²) < 4.78 is 5.53. The third-order valence-electron chi connectivity index (χ3n) is 5.85. The Morgan fingerprint density at radius 3 is 2.31 bits per heavy atom. The fourth-order valence-electron chi connectivity index (χ4n) is 4.30. The molecule has 0 bridgehead atoms. The van der Waals surface area contributed by atoms with E-state index < -0.39 is 23.8 Å². The maximum Gasteiger partial charge on any atom is 0.410 e. The van der Waals surface area contributed by atoms with Gasteiger partial charge in [-0.15, -0.1) is 0 Å². The second-order valence-corrected chi connectivity index (χ2v) is 9.20. The lowest BCUT2D eigenvalue weighted by molar-refractivity contribution is -0.140. The second kappa shape index (κ2) is 9.16. The van der Waals surface area contributed by atoms with Gasteiger partial charge in [0.25, 0.3) is 0 Å². The second-order valence-electron chi connectivity index (χ2n) is 9.20. The van der Waals surface area contributed by atoms with Crippen molar-refractivity contribution in [3.63, 3.8) is 0 Å². The van der Waals surface area contributed by atoms with Crippen molar-refractivity contribution in [3.8, 4) is 0 Å². The Morgan fingerprint density at radius 2 is 1.69 bits per heavy atom. The number of nitrogens with zero attached hydrogens (tertiary/aromatic N) is 2. The van der Waals surface area contributed by atoms with Crippen LogP contribution in [0.2, 0.25) is 0 Å². The summed E-state index contributed by atoms with van der Waals surface area (Å²) in [5.74, 6) is 0.165. The van der Waals surface area contributed by atoms with Crippen molar-refractivity contribution in [3.05, 3.63) is 35.9 Å². The predicted octanol–water partition coefficient (Wildman–Crippen LogP) is 3.75. The lowest BCUT2D eigenvalue weighted by atomic mass is 9.87. The van der Waals surface area contributed by atoms with Gasteiger partial charge in [0.1, 0.15) is 11.6 Å². The van der Waals surface area contributed by atoms with Gasteiger partial charge in [-0.1, -0.05) is 30.3 Å². The van der Waals surface area contributed by atoms with Crippen LogP contribution in [0, 0.1) is 5.92 Å². The molecule has 0 radical (unpaired) electrons. The number of carbonyl (C=O) groups is 2. The lowest BCUT2D eigenvalue weighted by Crippen LogP contribution is -2.55. The summed E-state index contributed by atoms with van der Waals surface area (Å²) in [5.41, 5.74) is 0.356. The molecule has 2 amide bonds. The van der Waals surface area contributed by atoms with Crippen molar-refractivity contribution in [2.24, 2.45) is 5.92 Å². The van der Waals surface area contributed by atoms with Crippen molar-refractivity contribution < 1.29 is 19.4 Å². The van der Waals surface area contributed by atoms with E-state index in [2.05, 4.69) is 0 Å². The Hall–Kier alpha value is -2.08. The van der Waals surface area contributed by atoms with Gasteiger partial charge in [0.15, 0.2) is 0 Å². The van der Waals surface area contributed by atoms with Crippen LogP contribution in [-0.2, 0) is 9.53 Å². The lowest BCUT2D eigenvalue weighted by Gasteiger charge is -2.40. The first-order valence-electron chi connectivity index (χ1n) is 10.8. The van der Waals surface area contributed by atoms with E-state index in [0.717, 1.165) is 31.2 Å². The zero-order valence-corrected chi connectivity index (χ0v) is 17.8. The van der Waals surface area contributed by atoms with Gasteiger partial charge in [-0.25, -0.2) is 4.79 Å². The molecule has 2 saturated heterocycles. The Labute approximate surface area is 173 Å². The van der Waals surface area contributed by atoms with Crippen LogP contribution in [0.15, 0.2) is 30.3 Å². The summed E-state index contributed by atoms with van der Waals surface area (Å²) in [6.45, 7) is 7.32. The minimum Gasteiger partial charge on any atom is -0.444 e. The van der Waals surface area contributed by atoms with Crippen molar-refractivity contribution in [2.75, 3.05) is 19.6 Å². The van der Waals surface area contributed by atoms with Crippen LogP contribution < -0.4 is 0 Å². The highest BCUT2D eigenvalue weighted by molar-refractivity contribution is 5.86. The summed E-state index contributed by atoms with van der Waals surface area (Å²) in [6.07, 6.45) is 3.16. The van der Waals surface area contributed by atoms with Gasteiger partial charge in [-0.3, -0.25) is 9.69 Å². The molecule has 2 aliphatic rings. The number of hydrogen-bond acceptors (Lipinski definition) is 4. The van der Waals surface area contributed by atoms with Crippen LogP contribution in [-0.4, -0.2) is 58.2 Å². The number of ether oxygens (including phenoxy) is 1. The third-order valence-corrected chi connectivity index (χ3v) is 5.85. The van der Waals surface area contributed by atoms with E-state index >= 15 is 0 Å². The monoisotopic (exact) mass is 402 g/mol. The van der Waals surface area contributed by atoms with Crippen LogP contribution in [0.25, 0.3) is 0 Å². The van der Waals surface area contributed by atoms with E-state index in [1.54, 1.807) is 4.90 Å². The summed E-state index contributed by atoms with van der Waals surface area (Å²) in [5, 5.41) is 10.7.